The van der Waals surface area contributed by atoms with Gasteiger partial charge in [0, 0.05) is 25.8 Å². The molecule has 1 saturated heterocycles. The van der Waals surface area contributed by atoms with E-state index in [2.05, 4.69) is 48.6 Å². The van der Waals surface area contributed by atoms with Gasteiger partial charge in [0.25, 0.3) is 0 Å². The van der Waals surface area contributed by atoms with Gasteiger partial charge in [0.15, 0.2) is 0 Å². The molecule has 0 bridgehead atoms. The summed E-state index contributed by atoms with van der Waals surface area (Å²) in [7, 11) is 0. The Bertz CT molecular complexity index is 787. The number of rotatable bonds is 8. The van der Waals surface area contributed by atoms with Gasteiger partial charge < -0.3 is 20.5 Å². The molecule has 1 aliphatic rings. The molecule has 0 radical (unpaired) electrons. The molecule has 1 amide bonds. The lowest BCUT2D eigenvalue weighted by atomic mass is 9.79. The summed E-state index contributed by atoms with van der Waals surface area (Å²) in [5.41, 5.74) is 9.00. The standard InChI is InChI=1S/C24H32N2O3.ClH/c1-18-3-5-21(6-4-18)16-29-22-9-7-20(8-10-22)15-19(2)26-23(27)24(17-25)11-13-28-14-12-24;/h3-10,19H,11-17,25H2,1-2H3,(H,26,27);1H. The topological polar surface area (TPSA) is 73.6 Å². The van der Waals surface area contributed by atoms with Gasteiger partial charge in [-0.1, -0.05) is 42.0 Å². The number of hydrogen-bond donors (Lipinski definition) is 2. The molecule has 6 heteroatoms. The van der Waals surface area contributed by atoms with Gasteiger partial charge >= 0.3 is 0 Å². The molecule has 2 aromatic carbocycles. The third-order valence-electron chi connectivity index (χ3n) is 5.69. The number of nitrogens with two attached hydrogens (primary N) is 1. The maximum Gasteiger partial charge on any atom is 0.227 e. The van der Waals surface area contributed by atoms with E-state index in [1.807, 2.05) is 19.1 Å². The number of nitrogens with one attached hydrogen (secondary N) is 1. The average molecular weight is 433 g/mol. The molecule has 0 aliphatic carbocycles. The second-order valence-corrected chi connectivity index (χ2v) is 8.09. The van der Waals surface area contributed by atoms with Crippen LogP contribution in [0.2, 0.25) is 0 Å². The largest absolute Gasteiger partial charge is 0.489 e. The van der Waals surface area contributed by atoms with Gasteiger partial charge in [-0.05, 0) is 56.4 Å². The van der Waals surface area contributed by atoms with Crippen LogP contribution < -0.4 is 15.8 Å². The lowest BCUT2D eigenvalue weighted by Gasteiger charge is -2.35. The summed E-state index contributed by atoms with van der Waals surface area (Å²) >= 11 is 0. The van der Waals surface area contributed by atoms with Crippen molar-refractivity contribution in [2.45, 2.75) is 45.8 Å². The first-order chi connectivity index (χ1) is 14.0. The second kappa shape index (κ2) is 11.3. The van der Waals surface area contributed by atoms with E-state index < -0.39 is 5.41 Å². The van der Waals surface area contributed by atoms with Crippen LogP contribution in [0.4, 0.5) is 0 Å². The summed E-state index contributed by atoms with van der Waals surface area (Å²) < 4.78 is 11.3. The van der Waals surface area contributed by atoms with E-state index in [0.29, 0.717) is 39.2 Å². The van der Waals surface area contributed by atoms with Crippen LogP contribution in [0.3, 0.4) is 0 Å². The number of hydrogen-bond acceptors (Lipinski definition) is 4. The number of amides is 1. The molecule has 0 saturated carbocycles. The zero-order chi connectivity index (χ0) is 20.7. The fourth-order valence-corrected chi connectivity index (χ4v) is 3.64. The molecular weight excluding hydrogens is 400 g/mol. The third kappa shape index (κ3) is 6.46. The van der Waals surface area contributed by atoms with Crippen molar-refractivity contribution in [3.63, 3.8) is 0 Å². The molecule has 0 aromatic heterocycles. The van der Waals surface area contributed by atoms with Crippen molar-refractivity contribution in [3.05, 3.63) is 65.2 Å². The first-order valence-electron chi connectivity index (χ1n) is 10.4. The zero-order valence-electron chi connectivity index (χ0n) is 17.9. The van der Waals surface area contributed by atoms with Crippen LogP contribution in [-0.4, -0.2) is 31.7 Å². The highest BCUT2D eigenvalue weighted by Crippen LogP contribution is 2.29. The van der Waals surface area contributed by atoms with Crippen molar-refractivity contribution < 1.29 is 14.3 Å². The summed E-state index contributed by atoms with van der Waals surface area (Å²) in [6, 6.07) is 16.5. The highest BCUT2D eigenvalue weighted by atomic mass is 35.5. The minimum Gasteiger partial charge on any atom is -0.489 e. The Balaban J connectivity index is 0.00000320. The minimum atomic E-state index is -0.486. The SMILES string of the molecule is Cc1ccc(COc2ccc(CC(C)NC(=O)C3(CN)CCOCC3)cc2)cc1.Cl. The maximum absolute atomic E-state index is 12.8. The first kappa shape index (κ1) is 24.2. The highest BCUT2D eigenvalue weighted by molar-refractivity contribution is 5.85. The Labute approximate surface area is 185 Å². The molecule has 2 aromatic rings. The molecule has 3 N–H and O–H groups in total. The molecule has 0 spiro atoms. The lowest BCUT2D eigenvalue weighted by molar-refractivity contribution is -0.136. The van der Waals surface area contributed by atoms with Crippen molar-refractivity contribution in [1.29, 1.82) is 0 Å². The van der Waals surface area contributed by atoms with Crippen LogP contribution in [0.1, 0.15) is 36.5 Å². The van der Waals surface area contributed by atoms with Crippen LogP contribution in [0.5, 0.6) is 5.75 Å². The van der Waals surface area contributed by atoms with Gasteiger partial charge in [-0.15, -0.1) is 12.4 Å². The van der Waals surface area contributed by atoms with Crippen LogP contribution in [-0.2, 0) is 22.6 Å². The molecular formula is C24H33ClN2O3. The Kier molecular flexibility index (Phi) is 9.15. The normalized spacial score (nSPS) is 16.2. The number of ether oxygens (including phenoxy) is 2. The number of aryl methyl sites for hydroxylation is 1. The van der Waals surface area contributed by atoms with Crippen molar-refractivity contribution >= 4 is 18.3 Å². The second-order valence-electron chi connectivity index (χ2n) is 8.09. The van der Waals surface area contributed by atoms with Crippen LogP contribution in [0.15, 0.2) is 48.5 Å². The fourth-order valence-electron chi connectivity index (χ4n) is 3.64. The van der Waals surface area contributed by atoms with E-state index >= 15 is 0 Å². The summed E-state index contributed by atoms with van der Waals surface area (Å²) in [5, 5.41) is 3.15. The predicted octanol–water partition coefficient (Wildman–Crippen LogP) is 3.80. The van der Waals surface area contributed by atoms with Gasteiger partial charge in [0.05, 0.1) is 5.41 Å². The molecule has 3 rings (SSSR count). The summed E-state index contributed by atoms with van der Waals surface area (Å²) in [6.45, 7) is 6.22. The van der Waals surface area contributed by atoms with Crippen molar-refractivity contribution in [2.75, 3.05) is 19.8 Å². The van der Waals surface area contributed by atoms with Crippen molar-refractivity contribution in [1.82, 2.24) is 5.32 Å². The van der Waals surface area contributed by atoms with E-state index in [4.69, 9.17) is 15.2 Å². The third-order valence-corrected chi connectivity index (χ3v) is 5.69. The van der Waals surface area contributed by atoms with Crippen LogP contribution >= 0.6 is 12.4 Å². The number of carbonyl (C=O) groups excluding carboxylic acids is 1. The molecule has 1 heterocycles. The zero-order valence-corrected chi connectivity index (χ0v) is 18.7. The van der Waals surface area contributed by atoms with Crippen molar-refractivity contribution in [2.24, 2.45) is 11.1 Å². The molecule has 1 aliphatic heterocycles. The van der Waals surface area contributed by atoms with E-state index in [1.165, 1.54) is 5.56 Å². The summed E-state index contributed by atoms with van der Waals surface area (Å²) in [4.78, 5) is 12.8. The van der Waals surface area contributed by atoms with Crippen LogP contribution in [0.25, 0.3) is 0 Å². The fraction of sp³-hybridized carbons (Fsp3) is 0.458. The minimum absolute atomic E-state index is 0. The Morgan fingerprint density at radius 3 is 2.30 bits per heavy atom. The molecule has 1 fully saturated rings. The Hall–Kier alpha value is -2.08. The predicted molar refractivity (Wildman–Crippen MR) is 122 cm³/mol. The van der Waals surface area contributed by atoms with Gasteiger partial charge in [0.1, 0.15) is 12.4 Å². The van der Waals surface area contributed by atoms with E-state index in [9.17, 15) is 4.79 Å². The van der Waals surface area contributed by atoms with Gasteiger partial charge in [0.2, 0.25) is 5.91 Å². The Morgan fingerprint density at radius 1 is 1.10 bits per heavy atom. The molecule has 1 unspecified atom stereocenters. The van der Waals surface area contributed by atoms with E-state index in [0.717, 1.165) is 23.3 Å². The molecule has 30 heavy (non-hydrogen) atoms. The number of halogens is 1. The van der Waals surface area contributed by atoms with Gasteiger partial charge in [-0.25, -0.2) is 0 Å². The van der Waals surface area contributed by atoms with E-state index in [1.54, 1.807) is 0 Å². The van der Waals surface area contributed by atoms with Crippen LogP contribution in [0, 0.1) is 12.3 Å². The van der Waals surface area contributed by atoms with E-state index in [-0.39, 0.29) is 24.4 Å². The van der Waals surface area contributed by atoms with Gasteiger partial charge in [-0.3, -0.25) is 4.79 Å². The smallest absolute Gasteiger partial charge is 0.227 e. The summed E-state index contributed by atoms with van der Waals surface area (Å²) in [5.74, 6) is 0.893. The lowest BCUT2D eigenvalue weighted by Crippen LogP contribution is -2.51. The Morgan fingerprint density at radius 2 is 1.70 bits per heavy atom. The van der Waals surface area contributed by atoms with Crippen molar-refractivity contribution in [3.8, 4) is 5.75 Å². The number of carbonyl (C=O) groups is 1. The quantitative estimate of drug-likeness (QED) is 0.665. The monoisotopic (exact) mass is 432 g/mol. The number of benzene rings is 2. The summed E-state index contributed by atoms with van der Waals surface area (Å²) in [6.07, 6.45) is 2.14. The highest BCUT2D eigenvalue weighted by Gasteiger charge is 2.39. The molecule has 1 atom stereocenters. The molecule has 164 valence electrons. The van der Waals surface area contributed by atoms with Gasteiger partial charge in [-0.2, -0.15) is 0 Å². The average Bonchev–Trinajstić information content (AvgIpc) is 2.74. The molecule has 5 nitrogen and oxygen atoms in total. The first-order valence-corrected chi connectivity index (χ1v) is 10.4. The maximum atomic E-state index is 12.8.